The summed E-state index contributed by atoms with van der Waals surface area (Å²) in [5.74, 6) is 0.770. The van der Waals surface area contributed by atoms with Gasteiger partial charge in [0.25, 0.3) is 0 Å². The van der Waals surface area contributed by atoms with E-state index in [0.717, 1.165) is 5.82 Å². The van der Waals surface area contributed by atoms with Crippen molar-refractivity contribution < 1.29 is 4.65 Å². The van der Waals surface area contributed by atoms with Crippen LogP contribution in [0.2, 0.25) is 31.5 Å². The fourth-order valence-corrected chi connectivity index (χ4v) is 5.04. The zero-order valence-corrected chi connectivity index (χ0v) is 12.8. The molecule has 2 rings (SSSR count). The van der Waals surface area contributed by atoms with Crippen LogP contribution in [0.15, 0.2) is 12.1 Å². The molecular weight excluding hydrogens is 223 g/mol. The lowest BCUT2D eigenvalue weighted by Crippen LogP contribution is -2.32. The Labute approximate surface area is 108 Å². The van der Waals surface area contributed by atoms with Crippen LogP contribution < -0.4 is 0 Å². The fourth-order valence-electron chi connectivity index (χ4n) is 3.47. The molecule has 1 nitrogen and oxygen atoms in total. The predicted molar refractivity (Wildman–Crippen MR) is 79.4 cm³/mol. The van der Waals surface area contributed by atoms with Crippen molar-refractivity contribution in [2.45, 2.75) is 76.1 Å². The van der Waals surface area contributed by atoms with Gasteiger partial charge in [0.05, 0.1) is 0 Å². The highest BCUT2D eigenvalue weighted by molar-refractivity contribution is 6.79. The Hall–Kier alpha value is -0.0182. The zero-order chi connectivity index (χ0) is 12.5. The van der Waals surface area contributed by atoms with Gasteiger partial charge < -0.3 is 4.65 Å². The molecule has 0 saturated carbocycles. The summed E-state index contributed by atoms with van der Waals surface area (Å²) in [6.07, 6.45) is 8.57. The molecule has 3 heteroatoms. The molecule has 0 spiro atoms. The molecule has 0 aromatic rings. The number of hydrogen-bond acceptors (Lipinski definition) is 1. The van der Waals surface area contributed by atoms with E-state index in [0.29, 0.717) is 13.0 Å². The lowest BCUT2D eigenvalue weighted by atomic mass is 9.49. The molecule has 0 N–H and O–H groups in total. The van der Waals surface area contributed by atoms with Gasteiger partial charge in [-0.05, 0) is 24.7 Å². The van der Waals surface area contributed by atoms with Gasteiger partial charge in [-0.1, -0.05) is 50.8 Å². The van der Waals surface area contributed by atoms with Crippen molar-refractivity contribution in [2.24, 2.45) is 0 Å². The van der Waals surface area contributed by atoms with Crippen LogP contribution in [-0.2, 0) is 4.65 Å². The van der Waals surface area contributed by atoms with E-state index in [1.54, 1.807) is 0 Å². The minimum atomic E-state index is -1.04. The Morgan fingerprint density at radius 2 is 1.76 bits per heavy atom. The van der Waals surface area contributed by atoms with Crippen molar-refractivity contribution in [1.82, 2.24) is 0 Å². The van der Waals surface area contributed by atoms with E-state index >= 15 is 0 Å². The van der Waals surface area contributed by atoms with Crippen LogP contribution in [0.25, 0.3) is 0 Å². The Morgan fingerprint density at radius 1 is 1.18 bits per heavy atom. The quantitative estimate of drug-likeness (QED) is 0.668. The lowest BCUT2D eigenvalue weighted by molar-refractivity contribution is 0.190. The maximum Gasteiger partial charge on any atom is 0.325 e. The van der Waals surface area contributed by atoms with Gasteiger partial charge in [-0.15, -0.1) is 6.58 Å². The van der Waals surface area contributed by atoms with E-state index in [1.807, 2.05) is 0 Å². The molecule has 0 aromatic heterocycles. The van der Waals surface area contributed by atoms with Crippen LogP contribution in [-0.4, -0.2) is 21.1 Å². The van der Waals surface area contributed by atoms with Crippen molar-refractivity contribution in [1.29, 1.82) is 0 Å². The van der Waals surface area contributed by atoms with Gasteiger partial charge in [-0.2, -0.15) is 0 Å². The monoisotopic (exact) mass is 250 g/mol. The third-order valence-corrected chi connectivity index (χ3v) is 5.64. The Kier molecular flexibility index (Phi) is 4.19. The second-order valence-electron chi connectivity index (χ2n) is 7.20. The number of rotatable bonds is 3. The maximum absolute atomic E-state index is 6.37. The normalized spacial score (nSPS) is 29.9. The highest BCUT2D eigenvalue weighted by Gasteiger charge is 2.38. The smallest absolute Gasteiger partial charge is 0.325 e. The first-order valence-electron chi connectivity index (χ1n) is 7.29. The van der Waals surface area contributed by atoms with Gasteiger partial charge in [0.1, 0.15) is 0 Å². The van der Waals surface area contributed by atoms with Crippen LogP contribution >= 0.6 is 0 Å². The summed E-state index contributed by atoms with van der Waals surface area (Å²) >= 11 is 0. The molecule has 2 aliphatic heterocycles. The van der Waals surface area contributed by atoms with E-state index in [-0.39, 0.29) is 0 Å². The molecule has 2 bridgehead atoms. The van der Waals surface area contributed by atoms with Crippen LogP contribution in [0.5, 0.6) is 0 Å². The van der Waals surface area contributed by atoms with E-state index < -0.39 is 8.07 Å². The molecule has 2 saturated heterocycles. The van der Waals surface area contributed by atoms with Gasteiger partial charge in [-0.3, -0.25) is 0 Å². The minimum absolute atomic E-state index is 0.386. The molecule has 2 heterocycles. The second-order valence-corrected chi connectivity index (χ2v) is 12.7. The predicted octanol–water partition coefficient (Wildman–Crippen LogP) is 4.53. The van der Waals surface area contributed by atoms with Gasteiger partial charge in [0.2, 0.25) is 0 Å². The summed E-state index contributed by atoms with van der Waals surface area (Å²) in [7, 11) is -1.04. The summed E-state index contributed by atoms with van der Waals surface area (Å²) < 4.78 is 6.37. The van der Waals surface area contributed by atoms with Gasteiger partial charge >= 0.3 is 6.92 Å². The molecule has 0 aromatic carbocycles. The average molecular weight is 250 g/mol. The minimum Gasteiger partial charge on any atom is -0.428 e. The molecule has 0 radical (unpaired) electrons. The summed E-state index contributed by atoms with van der Waals surface area (Å²) in [4.78, 5) is 0. The maximum atomic E-state index is 6.37. The Balaban J connectivity index is 2.06. The van der Waals surface area contributed by atoms with Crippen LogP contribution in [0.1, 0.15) is 38.5 Å². The second kappa shape index (κ2) is 5.31. The molecule has 0 unspecified atom stereocenters. The first-order valence-corrected chi connectivity index (χ1v) is 11.0. The average Bonchev–Trinajstić information content (AvgIpc) is 2.44. The highest BCUT2D eigenvalue weighted by Crippen LogP contribution is 2.39. The molecule has 0 atom stereocenters. The zero-order valence-electron chi connectivity index (χ0n) is 11.8. The molecule has 2 fully saturated rings. The SMILES string of the molecule is C=C(C[Si](C)(C)C)B1OC2CCCC1CCC2. The summed E-state index contributed by atoms with van der Waals surface area (Å²) in [6.45, 7) is 12.1. The number of allylic oxidation sites excluding steroid dienone is 1. The van der Waals surface area contributed by atoms with E-state index in [9.17, 15) is 0 Å². The van der Waals surface area contributed by atoms with Gasteiger partial charge in [0.15, 0.2) is 0 Å². The molecule has 17 heavy (non-hydrogen) atoms. The summed E-state index contributed by atoms with van der Waals surface area (Å²) in [6, 6.07) is 1.24. The fraction of sp³-hybridized carbons (Fsp3) is 0.857. The largest absolute Gasteiger partial charge is 0.428 e. The standard InChI is InChI=1S/C14H27BOSi/c1-12(11-17(2,3)4)15-13-7-5-9-14(16-15)10-6-8-13/h13-14H,1,5-11H2,2-4H3. The number of fused-ring (bicyclic) bond motifs is 3. The summed E-state index contributed by atoms with van der Waals surface area (Å²) in [5.41, 5.74) is 1.41. The molecule has 0 amide bonds. The lowest BCUT2D eigenvalue weighted by Gasteiger charge is -2.26. The third kappa shape index (κ3) is 3.72. The topological polar surface area (TPSA) is 9.23 Å². The first-order chi connectivity index (χ1) is 7.96. The molecule has 2 aliphatic rings. The number of hydrogen-bond donors (Lipinski definition) is 0. The molecular formula is C14H27BOSi. The third-order valence-electron chi connectivity index (χ3n) is 4.13. The van der Waals surface area contributed by atoms with E-state index in [1.165, 1.54) is 50.0 Å². The molecule has 0 aliphatic carbocycles. The van der Waals surface area contributed by atoms with E-state index in [2.05, 4.69) is 26.2 Å². The van der Waals surface area contributed by atoms with Crippen LogP contribution in [0.4, 0.5) is 0 Å². The van der Waals surface area contributed by atoms with Crippen LogP contribution in [0, 0.1) is 0 Å². The van der Waals surface area contributed by atoms with E-state index in [4.69, 9.17) is 4.65 Å². The van der Waals surface area contributed by atoms with Gasteiger partial charge in [-0.25, -0.2) is 0 Å². The first kappa shape index (κ1) is 13.4. The van der Waals surface area contributed by atoms with Crippen molar-refractivity contribution in [3.8, 4) is 0 Å². The Morgan fingerprint density at radius 3 is 2.29 bits per heavy atom. The van der Waals surface area contributed by atoms with Crippen LogP contribution in [0.3, 0.4) is 0 Å². The van der Waals surface area contributed by atoms with Crippen molar-refractivity contribution >= 4 is 15.0 Å². The van der Waals surface area contributed by atoms with Crippen molar-refractivity contribution in [3.63, 3.8) is 0 Å². The molecule has 96 valence electrons. The Bertz CT molecular complexity index is 274. The van der Waals surface area contributed by atoms with Gasteiger partial charge in [0, 0.05) is 14.2 Å². The summed E-state index contributed by atoms with van der Waals surface area (Å²) in [5, 5.41) is 0. The van der Waals surface area contributed by atoms with Crippen molar-refractivity contribution in [2.75, 3.05) is 0 Å². The highest BCUT2D eigenvalue weighted by atomic mass is 28.3. The van der Waals surface area contributed by atoms with Crippen molar-refractivity contribution in [3.05, 3.63) is 12.1 Å².